The SMILES string of the molecule is COCCCOC(=O)N[C@H]1CCOc2c(C(=O)Nc3ccc(F)c(F)c3)cccc21. The topological polar surface area (TPSA) is 85.9 Å². The first-order valence-corrected chi connectivity index (χ1v) is 9.44. The van der Waals surface area contributed by atoms with Gasteiger partial charge in [-0.15, -0.1) is 0 Å². The van der Waals surface area contributed by atoms with Crippen molar-refractivity contribution in [3.63, 3.8) is 0 Å². The molecule has 0 aromatic heterocycles. The van der Waals surface area contributed by atoms with E-state index in [1.165, 1.54) is 6.07 Å². The standard InChI is InChI=1S/C21H22F2N2O5/c1-28-9-3-10-30-21(27)25-18-8-11-29-19-14(18)4-2-5-15(19)20(26)24-13-6-7-16(22)17(23)12-13/h2,4-7,12,18H,3,8-11H2,1H3,(H,24,26)(H,25,27)/t18-/m0/s1. The van der Waals surface area contributed by atoms with E-state index in [1.807, 2.05) is 0 Å². The number of hydrogen-bond donors (Lipinski definition) is 2. The number of alkyl carbamates (subject to hydrolysis) is 1. The second-order valence-electron chi connectivity index (χ2n) is 6.62. The molecule has 3 rings (SSSR count). The molecule has 0 fully saturated rings. The smallest absolute Gasteiger partial charge is 0.407 e. The van der Waals surface area contributed by atoms with Gasteiger partial charge in [-0.05, 0) is 18.2 Å². The lowest BCUT2D eigenvalue weighted by molar-refractivity contribution is 0.102. The minimum absolute atomic E-state index is 0.113. The fourth-order valence-electron chi connectivity index (χ4n) is 3.08. The lowest BCUT2D eigenvalue weighted by atomic mass is 9.97. The molecule has 1 heterocycles. The van der Waals surface area contributed by atoms with Crippen LogP contribution in [-0.2, 0) is 9.47 Å². The molecule has 0 bridgehead atoms. The van der Waals surface area contributed by atoms with Crippen LogP contribution in [0.5, 0.6) is 5.75 Å². The third kappa shape index (κ3) is 5.24. The lowest BCUT2D eigenvalue weighted by Gasteiger charge is -2.27. The summed E-state index contributed by atoms with van der Waals surface area (Å²) in [4.78, 5) is 24.7. The molecule has 30 heavy (non-hydrogen) atoms. The van der Waals surface area contributed by atoms with Crippen LogP contribution in [0.15, 0.2) is 36.4 Å². The number of para-hydroxylation sites is 1. The number of hydrogen-bond acceptors (Lipinski definition) is 5. The minimum Gasteiger partial charge on any atom is -0.492 e. The maximum absolute atomic E-state index is 13.4. The first-order chi connectivity index (χ1) is 14.5. The van der Waals surface area contributed by atoms with Crippen LogP contribution in [0.3, 0.4) is 0 Å². The van der Waals surface area contributed by atoms with Crippen LogP contribution in [0, 0.1) is 11.6 Å². The Bertz CT molecular complexity index is 922. The summed E-state index contributed by atoms with van der Waals surface area (Å²) in [5.41, 5.74) is 0.965. The number of carbonyl (C=O) groups is 2. The molecule has 1 aliphatic heterocycles. The van der Waals surface area contributed by atoms with Crippen LogP contribution in [0.2, 0.25) is 0 Å². The average molecular weight is 420 g/mol. The Balaban J connectivity index is 1.71. The zero-order valence-electron chi connectivity index (χ0n) is 16.4. The Hall–Kier alpha value is -3.20. The quantitative estimate of drug-likeness (QED) is 0.666. The molecule has 0 saturated heterocycles. The lowest BCUT2D eigenvalue weighted by Crippen LogP contribution is -2.33. The van der Waals surface area contributed by atoms with Crippen molar-refractivity contribution in [2.24, 2.45) is 0 Å². The molecule has 160 valence electrons. The van der Waals surface area contributed by atoms with Gasteiger partial charge < -0.3 is 24.8 Å². The Labute approximate surface area is 172 Å². The van der Waals surface area contributed by atoms with Gasteiger partial charge >= 0.3 is 6.09 Å². The van der Waals surface area contributed by atoms with Gasteiger partial charge in [-0.25, -0.2) is 13.6 Å². The molecule has 2 aromatic carbocycles. The summed E-state index contributed by atoms with van der Waals surface area (Å²) in [5, 5.41) is 5.30. The highest BCUT2D eigenvalue weighted by Crippen LogP contribution is 2.35. The van der Waals surface area contributed by atoms with Gasteiger partial charge in [0.15, 0.2) is 11.6 Å². The van der Waals surface area contributed by atoms with Crippen LogP contribution in [0.4, 0.5) is 19.3 Å². The maximum Gasteiger partial charge on any atom is 0.407 e. The molecule has 1 aliphatic rings. The third-order valence-electron chi connectivity index (χ3n) is 4.51. The molecule has 9 heteroatoms. The van der Waals surface area contributed by atoms with E-state index in [9.17, 15) is 18.4 Å². The Morgan fingerprint density at radius 1 is 1.17 bits per heavy atom. The Kier molecular flexibility index (Phi) is 7.18. The van der Waals surface area contributed by atoms with Gasteiger partial charge in [0, 0.05) is 43.9 Å². The number of benzene rings is 2. The van der Waals surface area contributed by atoms with Crippen molar-refractivity contribution < 1.29 is 32.6 Å². The largest absolute Gasteiger partial charge is 0.492 e. The zero-order chi connectivity index (χ0) is 21.5. The van der Waals surface area contributed by atoms with Crippen LogP contribution >= 0.6 is 0 Å². The number of nitrogens with one attached hydrogen (secondary N) is 2. The molecule has 0 aliphatic carbocycles. The Morgan fingerprint density at radius 3 is 2.77 bits per heavy atom. The number of ether oxygens (including phenoxy) is 3. The first kappa shape index (κ1) is 21.5. The molecular formula is C21H22F2N2O5. The van der Waals surface area contributed by atoms with Gasteiger partial charge in [-0.2, -0.15) is 0 Å². The highest BCUT2D eigenvalue weighted by molar-refractivity contribution is 6.06. The molecule has 1 atom stereocenters. The van der Waals surface area contributed by atoms with E-state index in [0.717, 1.165) is 12.1 Å². The van der Waals surface area contributed by atoms with Crippen molar-refractivity contribution in [1.82, 2.24) is 5.32 Å². The predicted molar refractivity (Wildman–Crippen MR) is 105 cm³/mol. The normalized spacial score (nSPS) is 15.0. The van der Waals surface area contributed by atoms with E-state index in [1.54, 1.807) is 25.3 Å². The number of fused-ring (bicyclic) bond motifs is 1. The van der Waals surface area contributed by atoms with Crippen LogP contribution in [-0.4, -0.2) is 38.9 Å². The van der Waals surface area contributed by atoms with Gasteiger partial charge in [0.2, 0.25) is 0 Å². The summed E-state index contributed by atoms with van der Waals surface area (Å²) in [7, 11) is 1.57. The molecule has 2 amide bonds. The van der Waals surface area contributed by atoms with Crippen LogP contribution < -0.4 is 15.4 Å². The van der Waals surface area contributed by atoms with Crippen molar-refractivity contribution >= 4 is 17.7 Å². The van der Waals surface area contributed by atoms with E-state index < -0.39 is 23.6 Å². The maximum atomic E-state index is 13.4. The molecule has 0 unspecified atom stereocenters. The highest BCUT2D eigenvalue weighted by atomic mass is 19.2. The third-order valence-corrected chi connectivity index (χ3v) is 4.51. The van der Waals surface area contributed by atoms with E-state index >= 15 is 0 Å². The van der Waals surface area contributed by atoms with Gasteiger partial charge in [0.05, 0.1) is 24.8 Å². The average Bonchev–Trinajstić information content (AvgIpc) is 2.73. The molecular weight excluding hydrogens is 398 g/mol. The van der Waals surface area contributed by atoms with Gasteiger partial charge in [-0.3, -0.25) is 4.79 Å². The Morgan fingerprint density at radius 2 is 2.00 bits per heavy atom. The summed E-state index contributed by atoms with van der Waals surface area (Å²) in [5.74, 6) is -2.28. The van der Waals surface area contributed by atoms with Gasteiger partial charge in [-0.1, -0.05) is 12.1 Å². The van der Waals surface area contributed by atoms with E-state index in [2.05, 4.69) is 10.6 Å². The number of rotatable bonds is 7. The molecule has 2 aromatic rings. The van der Waals surface area contributed by atoms with Crippen molar-refractivity contribution in [3.05, 3.63) is 59.2 Å². The number of methoxy groups -OCH3 is 1. The molecule has 7 nitrogen and oxygen atoms in total. The van der Waals surface area contributed by atoms with Crippen molar-refractivity contribution in [2.75, 3.05) is 32.2 Å². The van der Waals surface area contributed by atoms with Crippen molar-refractivity contribution in [3.8, 4) is 5.75 Å². The monoisotopic (exact) mass is 420 g/mol. The predicted octanol–water partition coefficient (Wildman–Crippen LogP) is 3.80. The molecule has 0 spiro atoms. The highest BCUT2D eigenvalue weighted by Gasteiger charge is 2.27. The van der Waals surface area contributed by atoms with Crippen LogP contribution in [0.1, 0.15) is 34.8 Å². The molecule has 2 N–H and O–H groups in total. The number of halogens is 2. The van der Waals surface area contributed by atoms with Gasteiger partial charge in [0.25, 0.3) is 5.91 Å². The fraction of sp³-hybridized carbons (Fsp3) is 0.333. The second-order valence-corrected chi connectivity index (χ2v) is 6.62. The van der Waals surface area contributed by atoms with E-state index in [4.69, 9.17) is 14.2 Å². The van der Waals surface area contributed by atoms with Crippen molar-refractivity contribution in [2.45, 2.75) is 18.9 Å². The van der Waals surface area contributed by atoms with E-state index in [0.29, 0.717) is 30.8 Å². The molecule has 0 saturated carbocycles. The minimum atomic E-state index is -1.06. The zero-order valence-corrected chi connectivity index (χ0v) is 16.4. The number of amides is 2. The first-order valence-electron chi connectivity index (χ1n) is 9.44. The fourth-order valence-corrected chi connectivity index (χ4v) is 3.08. The van der Waals surface area contributed by atoms with Gasteiger partial charge in [0.1, 0.15) is 5.75 Å². The summed E-state index contributed by atoms with van der Waals surface area (Å²) in [6, 6.07) is 7.66. The number of anilines is 1. The van der Waals surface area contributed by atoms with E-state index in [-0.39, 0.29) is 30.5 Å². The van der Waals surface area contributed by atoms with Crippen LogP contribution in [0.25, 0.3) is 0 Å². The van der Waals surface area contributed by atoms with Crippen molar-refractivity contribution in [1.29, 1.82) is 0 Å². The summed E-state index contributed by atoms with van der Waals surface area (Å²) >= 11 is 0. The molecule has 0 radical (unpaired) electrons. The second kappa shape index (κ2) is 10.0. The summed E-state index contributed by atoms with van der Waals surface area (Å²) in [6.07, 6.45) is 0.525. The summed E-state index contributed by atoms with van der Waals surface area (Å²) < 4.78 is 42.2. The number of carbonyl (C=O) groups excluding carboxylic acids is 2. The summed E-state index contributed by atoms with van der Waals surface area (Å²) in [6.45, 7) is 1.01.